The molecule has 1 heterocycles. The lowest BCUT2D eigenvalue weighted by atomic mass is 9.75. The molecule has 6 heteroatoms. The number of fused-ring (bicyclic) bond motifs is 1. The fraction of sp³-hybridized carbons (Fsp3) is 0.303. The molecule has 0 radical (unpaired) electrons. The molecule has 39 heavy (non-hydrogen) atoms. The van der Waals surface area contributed by atoms with Gasteiger partial charge in [-0.3, -0.25) is 4.79 Å². The Morgan fingerprint density at radius 3 is 2.23 bits per heavy atom. The van der Waals surface area contributed by atoms with Crippen molar-refractivity contribution in [3.63, 3.8) is 0 Å². The van der Waals surface area contributed by atoms with Gasteiger partial charge in [-0.15, -0.1) is 0 Å². The van der Waals surface area contributed by atoms with Crippen molar-refractivity contribution in [2.75, 3.05) is 5.32 Å². The Morgan fingerprint density at radius 2 is 1.59 bits per heavy atom. The quantitative estimate of drug-likeness (QED) is 0.319. The monoisotopic (exact) mass is 522 g/mol. The Bertz CT molecular complexity index is 1620. The van der Waals surface area contributed by atoms with Gasteiger partial charge in [0.15, 0.2) is 0 Å². The highest BCUT2D eigenvalue weighted by atomic mass is 16.5. The second-order valence-corrected chi connectivity index (χ2v) is 11.6. The van der Waals surface area contributed by atoms with E-state index in [0.29, 0.717) is 27.7 Å². The molecule has 1 unspecified atom stereocenters. The molecule has 4 aromatic rings. The molecule has 1 amide bonds. The van der Waals surface area contributed by atoms with E-state index in [1.54, 1.807) is 25.1 Å². The Balaban J connectivity index is 1.71. The molecule has 3 aromatic carbocycles. The number of carbonyl (C=O) groups is 1. The maximum absolute atomic E-state index is 13.7. The number of nitrogens with zero attached hydrogens (tertiary/aromatic N) is 1. The summed E-state index contributed by atoms with van der Waals surface area (Å²) in [5, 5.41) is 19.3. The Kier molecular flexibility index (Phi) is 7.50. The summed E-state index contributed by atoms with van der Waals surface area (Å²) in [6.07, 6.45) is 0.0562. The standard InChI is InChI=1S/C33H34N2O4/c1-22-28-20-26(16-17-27(28)29(36)39-35-22)34-30(37)33(38,21-32(5,6)25-10-8-7-9-11-25)19-18-23-12-14-24(15-13-23)31(2,3)4/h7-17,20,38H,21H2,1-6H3,(H,34,37). The third-order valence-corrected chi connectivity index (χ3v) is 6.95. The van der Waals surface area contributed by atoms with Gasteiger partial charge in [-0.25, -0.2) is 4.79 Å². The van der Waals surface area contributed by atoms with E-state index in [9.17, 15) is 14.7 Å². The summed E-state index contributed by atoms with van der Waals surface area (Å²) in [5.74, 6) is 5.26. The highest BCUT2D eigenvalue weighted by Crippen LogP contribution is 2.33. The van der Waals surface area contributed by atoms with Crippen LogP contribution in [0.25, 0.3) is 10.8 Å². The van der Waals surface area contributed by atoms with Crippen LogP contribution in [-0.4, -0.2) is 21.8 Å². The second kappa shape index (κ2) is 10.5. The van der Waals surface area contributed by atoms with Crippen LogP contribution in [0.4, 0.5) is 5.69 Å². The van der Waals surface area contributed by atoms with Gasteiger partial charge in [0, 0.05) is 23.1 Å². The van der Waals surface area contributed by atoms with Gasteiger partial charge < -0.3 is 14.9 Å². The zero-order valence-corrected chi connectivity index (χ0v) is 23.3. The molecule has 0 saturated heterocycles. The van der Waals surface area contributed by atoms with Gasteiger partial charge in [0.1, 0.15) is 0 Å². The first-order chi connectivity index (χ1) is 18.3. The second-order valence-electron chi connectivity index (χ2n) is 11.6. The minimum atomic E-state index is -2.01. The Hall–Kier alpha value is -4.21. The fourth-order valence-corrected chi connectivity index (χ4v) is 4.58. The molecule has 0 spiro atoms. The van der Waals surface area contributed by atoms with E-state index in [0.717, 1.165) is 5.56 Å². The van der Waals surface area contributed by atoms with Crippen molar-refractivity contribution >= 4 is 22.4 Å². The lowest BCUT2D eigenvalue weighted by Gasteiger charge is -2.32. The molecular weight excluding hydrogens is 488 g/mol. The first-order valence-corrected chi connectivity index (χ1v) is 12.9. The van der Waals surface area contributed by atoms with E-state index >= 15 is 0 Å². The number of rotatable bonds is 5. The normalized spacial score (nSPS) is 13.3. The number of amides is 1. The molecule has 2 N–H and O–H groups in total. The number of benzene rings is 3. The third-order valence-electron chi connectivity index (χ3n) is 6.95. The Morgan fingerprint density at radius 1 is 0.923 bits per heavy atom. The van der Waals surface area contributed by atoms with Crippen LogP contribution in [-0.2, 0) is 15.6 Å². The predicted molar refractivity (Wildman–Crippen MR) is 155 cm³/mol. The van der Waals surface area contributed by atoms with Gasteiger partial charge in [-0.05, 0) is 59.2 Å². The average Bonchev–Trinajstić information content (AvgIpc) is 2.90. The average molecular weight is 523 g/mol. The Labute approximate surface area is 229 Å². The summed E-state index contributed by atoms with van der Waals surface area (Å²) in [5.41, 5.74) is 0.633. The molecule has 1 atom stereocenters. The summed E-state index contributed by atoms with van der Waals surface area (Å²) in [6, 6.07) is 22.4. The summed E-state index contributed by atoms with van der Waals surface area (Å²) in [4.78, 5) is 25.7. The molecule has 4 rings (SSSR count). The SMILES string of the molecule is Cc1noc(=O)c2ccc(NC(=O)C(O)(C#Cc3ccc(C(C)(C)C)cc3)CC(C)(C)c3ccccc3)cc12. The van der Waals surface area contributed by atoms with Crippen LogP contribution in [0.5, 0.6) is 0 Å². The van der Waals surface area contributed by atoms with Crippen molar-refractivity contribution in [1.82, 2.24) is 5.16 Å². The van der Waals surface area contributed by atoms with Crippen molar-refractivity contribution < 1.29 is 14.4 Å². The topological polar surface area (TPSA) is 92.4 Å². The van der Waals surface area contributed by atoms with Crippen LogP contribution < -0.4 is 10.9 Å². The molecule has 6 nitrogen and oxygen atoms in total. The largest absolute Gasteiger partial charge is 0.369 e. The minimum absolute atomic E-state index is 0.000958. The van der Waals surface area contributed by atoms with Gasteiger partial charge in [0.2, 0.25) is 5.60 Å². The van der Waals surface area contributed by atoms with Crippen molar-refractivity contribution in [2.24, 2.45) is 0 Å². The molecule has 0 aliphatic rings. The van der Waals surface area contributed by atoms with Crippen LogP contribution >= 0.6 is 0 Å². The van der Waals surface area contributed by atoms with E-state index in [1.165, 1.54) is 5.56 Å². The first-order valence-electron chi connectivity index (χ1n) is 12.9. The van der Waals surface area contributed by atoms with E-state index < -0.39 is 22.5 Å². The van der Waals surface area contributed by atoms with Crippen LogP contribution in [0.15, 0.2) is 82.1 Å². The van der Waals surface area contributed by atoms with Gasteiger partial charge >= 0.3 is 5.63 Å². The number of hydrogen-bond acceptors (Lipinski definition) is 5. The number of carbonyl (C=O) groups excluding carboxylic acids is 1. The third kappa shape index (κ3) is 6.27. The van der Waals surface area contributed by atoms with Crippen molar-refractivity contribution in [3.8, 4) is 11.8 Å². The number of hydrogen-bond donors (Lipinski definition) is 2. The molecule has 0 aliphatic carbocycles. The molecule has 0 saturated carbocycles. The number of anilines is 1. The first kappa shape index (κ1) is 27.8. The van der Waals surface area contributed by atoms with Crippen molar-refractivity contribution in [2.45, 2.75) is 64.4 Å². The smallest absolute Gasteiger partial charge is 0.366 e. The number of aliphatic hydroxyl groups is 1. The molecule has 1 aromatic heterocycles. The van der Waals surface area contributed by atoms with Gasteiger partial charge in [0.05, 0.1) is 11.1 Å². The van der Waals surface area contributed by atoms with Crippen LogP contribution in [0.1, 0.15) is 63.4 Å². The predicted octanol–water partition coefficient (Wildman–Crippen LogP) is 5.88. The molecule has 0 bridgehead atoms. The summed E-state index contributed by atoms with van der Waals surface area (Å²) < 4.78 is 4.79. The zero-order chi connectivity index (χ0) is 28.4. The number of aromatic nitrogens is 1. The number of nitrogens with one attached hydrogen (secondary N) is 1. The van der Waals surface area contributed by atoms with Crippen LogP contribution in [0.2, 0.25) is 0 Å². The maximum Gasteiger partial charge on any atom is 0.366 e. The molecule has 0 fully saturated rings. The summed E-state index contributed by atoms with van der Waals surface area (Å²) >= 11 is 0. The van der Waals surface area contributed by atoms with E-state index in [1.807, 2.05) is 68.4 Å². The van der Waals surface area contributed by atoms with Crippen molar-refractivity contribution in [3.05, 3.63) is 106 Å². The van der Waals surface area contributed by atoms with Gasteiger partial charge in [0.25, 0.3) is 5.91 Å². The summed E-state index contributed by atoms with van der Waals surface area (Å²) in [7, 11) is 0. The molecule has 0 aliphatic heterocycles. The fourth-order valence-electron chi connectivity index (χ4n) is 4.58. The zero-order valence-electron chi connectivity index (χ0n) is 23.3. The van der Waals surface area contributed by atoms with E-state index in [-0.39, 0.29) is 11.8 Å². The summed E-state index contributed by atoms with van der Waals surface area (Å²) in [6.45, 7) is 12.1. The molecular formula is C33H34N2O4. The maximum atomic E-state index is 13.7. The number of aryl methyl sites for hydroxylation is 1. The van der Waals surface area contributed by atoms with Crippen LogP contribution in [0.3, 0.4) is 0 Å². The highest BCUT2D eigenvalue weighted by Gasteiger charge is 2.41. The minimum Gasteiger partial charge on any atom is -0.369 e. The highest BCUT2D eigenvalue weighted by molar-refractivity contribution is 6.01. The van der Waals surface area contributed by atoms with Crippen LogP contribution in [0, 0.1) is 18.8 Å². The molecule has 200 valence electrons. The lowest BCUT2D eigenvalue weighted by molar-refractivity contribution is -0.130. The van der Waals surface area contributed by atoms with E-state index in [2.05, 4.69) is 43.1 Å². The van der Waals surface area contributed by atoms with E-state index in [4.69, 9.17) is 4.52 Å². The van der Waals surface area contributed by atoms with Gasteiger partial charge in [-0.2, -0.15) is 0 Å². The van der Waals surface area contributed by atoms with Crippen molar-refractivity contribution in [1.29, 1.82) is 0 Å². The lowest BCUT2D eigenvalue weighted by Crippen LogP contribution is -2.46. The van der Waals surface area contributed by atoms with Gasteiger partial charge in [-0.1, -0.05) is 94.1 Å².